The standard InChI is InChI=1S/C15H16BFN2O2/c1-19-12-8-10(21-2)7-11(17)13(12)15(14(19)20)3-5-16(9-18)6-4-15/h7-8H,3-6H2,1-2H3. The Morgan fingerprint density at radius 2 is 2.10 bits per heavy atom. The molecule has 0 aromatic heterocycles. The predicted octanol–water partition coefficient (Wildman–Crippen LogP) is 2.40. The Labute approximate surface area is 123 Å². The molecule has 0 atom stereocenters. The molecule has 0 radical (unpaired) electrons. The second-order valence-corrected chi connectivity index (χ2v) is 5.85. The second kappa shape index (κ2) is 4.76. The molecule has 6 heteroatoms. The first kappa shape index (κ1) is 13.9. The lowest BCUT2D eigenvalue weighted by Gasteiger charge is -2.33. The molecule has 1 spiro atoms. The Balaban J connectivity index is 2.11. The molecule has 1 aromatic carbocycles. The molecular weight excluding hydrogens is 270 g/mol. The number of hydrogen-bond acceptors (Lipinski definition) is 3. The summed E-state index contributed by atoms with van der Waals surface area (Å²) in [5.74, 6) is 2.21. The number of nitriles is 1. The lowest BCUT2D eigenvalue weighted by atomic mass is 9.39. The van der Waals surface area contributed by atoms with E-state index >= 15 is 0 Å². The predicted molar refractivity (Wildman–Crippen MR) is 78.3 cm³/mol. The van der Waals surface area contributed by atoms with Gasteiger partial charge in [0, 0.05) is 30.7 Å². The lowest BCUT2D eigenvalue weighted by molar-refractivity contribution is -0.123. The minimum Gasteiger partial charge on any atom is -0.497 e. The number of halogens is 1. The van der Waals surface area contributed by atoms with E-state index in [9.17, 15) is 9.18 Å². The van der Waals surface area contributed by atoms with E-state index in [-0.39, 0.29) is 12.6 Å². The van der Waals surface area contributed by atoms with E-state index in [0.29, 0.717) is 42.5 Å². The van der Waals surface area contributed by atoms with Gasteiger partial charge in [0.2, 0.25) is 5.91 Å². The molecule has 0 bridgehead atoms. The van der Waals surface area contributed by atoms with Crippen LogP contribution >= 0.6 is 0 Å². The maximum atomic E-state index is 14.6. The summed E-state index contributed by atoms with van der Waals surface area (Å²) in [6.45, 7) is -0.0286. The van der Waals surface area contributed by atoms with Crippen molar-refractivity contribution in [3.63, 3.8) is 0 Å². The SMILES string of the molecule is COc1cc(F)c2c(c1)N(C)C(=O)C21CCB(C#N)CC1. The average molecular weight is 286 g/mol. The fraction of sp³-hybridized carbons (Fsp3) is 0.467. The maximum Gasteiger partial charge on any atom is 0.267 e. The van der Waals surface area contributed by atoms with Crippen LogP contribution in [0.25, 0.3) is 0 Å². The molecule has 0 unspecified atom stereocenters. The Bertz CT molecular complexity index is 648. The number of fused-ring (bicyclic) bond motifs is 2. The van der Waals surface area contributed by atoms with E-state index in [1.807, 2.05) is 0 Å². The van der Waals surface area contributed by atoms with Gasteiger partial charge in [-0.1, -0.05) is 12.6 Å². The topological polar surface area (TPSA) is 53.3 Å². The fourth-order valence-electron chi connectivity index (χ4n) is 3.67. The first-order chi connectivity index (χ1) is 10.0. The van der Waals surface area contributed by atoms with Crippen molar-refractivity contribution in [3.8, 4) is 11.7 Å². The number of methoxy groups -OCH3 is 1. The largest absolute Gasteiger partial charge is 0.497 e. The van der Waals surface area contributed by atoms with Crippen molar-refractivity contribution in [1.29, 1.82) is 5.26 Å². The van der Waals surface area contributed by atoms with Crippen LogP contribution in [0, 0.1) is 17.0 Å². The molecular formula is C15H16BFN2O2. The zero-order valence-corrected chi connectivity index (χ0v) is 12.1. The van der Waals surface area contributed by atoms with Crippen molar-refractivity contribution >= 4 is 18.3 Å². The number of benzene rings is 1. The normalized spacial score (nSPS) is 19.6. The molecule has 4 nitrogen and oxygen atoms in total. The van der Waals surface area contributed by atoms with Crippen LogP contribution in [0.4, 0.5) is 10.1 Å². The van der Waals surface area contributed by atoms with Crippen molar-refractivity contribution in [2.75, 3.05) is 19.1 Å². The molecule has 0 aliphatic carbocycles. The number of amides is 1. The van der Waals surface area contributed by atoms with E-state index < -0.39 is 11.2 Å². The third kappa shape index (κ3) is 1.84. The third-order valence-corrected chi connectivity index (χ3v) is 4.85. The van der Waals surface area contributed by atoms with Gasteiger partial charge in [-0.05, 0) is 12.8 Å². The van der Waals surface area contributed by atoms with Crippen LogP contribution in [0.1, 0.15) is 18.4 Å². The van der Waals surface area contributed by atoms with Crippen molar-refractivity contribution < 1.29 is 13.9 Å². The third-order valence-electron chi connectivity index (χ3n) is 4.85. The molecule has 1 fully saturated rings. The van der Waals surface area contributed by atoms with Gasteiger partial charge < -0.3 is 9.64 Å². The number of nitrogens with zero attached hydrogens (tertiary/aromatic N) is 2. The average Bonchev–Trinajstić information content (AvgIpc) is 2.71. The smallest absolute Gasteiger partial charge is 0.267 e. The second-order valence-electron chi connectivity index (χ2n) is 5.85. The summed E-state index contributed by atoms with van der Waals surface area (Å²) in [5, 5.41) is 9.02. The molecule has 1 saturated heterocycles. The molecule has 2 aliphatic rings. The van der Waals surface area contributed by atoms with E-state index in [0.717, 1.165) is 0 Å². The van der Waals surface area contributed by atoms with Gasteiger partial charge in [0.15, 0.2) is 0 Å². The molecule has 1 aromatic rings. The van der Waals surface area contributed by atoms with Gasteiger partial charge in [0.25, 0.3) is 6.71 Å². The highest BCUT2D eigenvalue weighted by Gasteiger charge is 2.53. The Morgan fingerprint density at radius 3 is 2.67 bits per heavy atom. The summed E-state index contributed by atoms with van der Waals surface area (Å²) in [6.07, 6.45) is 2.34. The zero-order chi connectivity index (χ0) is 15.2. The van der Waals surface area contributed by atoms with Crippen molar-refractivity contribution in [2.24, 2.45) is 0 Å². The van der Waals surface area contributed by atoms with Gasteiger partial charge in [-0.3, -0.25) is 4.79 Å². The molecule has 1 amide bonds. The van der Waals surface area contributed by atoms with Gasteiger partial charge in [0.05, 0.1) is 18.2 Å². The number of ether oxygens (including phenoxy) is 1. The first-order valence-corrected chi connectivity index (χ1v) is 7.09. The minimum absolute atomic E-state index is 0.0286. The summed E-state index contributed by atoms with van der Waals surface area (Å²) in [6, 6.07) is 3.05. The zero-order valence-electron chi connectivity index (χ0n) is 12.1. The number of carbonyl (C=O) groups is 1. The number of likely N-dealkylation sites (N-methyl/N-ethyl adjacent to an activating group) is 1. The first-order valence-electron chi connectivity index (χ1n) is 7.09. The summed E-state index contributed by atoms with van der Waals surface area (Å²) in [5.41, 5.74) is 0.271. The van der Waals surface area contributed by atoms with Gasteiger partial charge >= 0.3 is 0 Å². The van der Waals surface area contributed by atoms with Crippen molar-refractivity contribution in [1.82, 2.24) is 0 Å². The van der Waals surface area contributed by atoms with Crippen LogP contribution in [-0.4, -0.2) is 26.8 Å². The molecule has 108 valence electrons. The highest BCUT2D eigenvalue weighted by atomic mass is 19.1. The van der Waals surface area contributed by atoms with Crippen LogP contribution in [0.2, 0.25) is 12.6 Å². The molecule has 0 N–H and O–H groups in total. The van der Waals surface area contributed by atoms with Gasteiger partial charge in [-0.25, -0.2) is 9.65 Å². The van der Waals surface area contributed by atoms with Crippen molar-refractivity contribution in [3.05, 3.63) is 23.5 Å². The number of anilines is 1. The highest BCUT2D eigenvalue weighted by molar-refractivity contribution is 6.67. The summed E-state index contributed by atoms with van der Waals surface area (Å²) >= 11 is 0. The summed E-state index contributed by atoms with van der Waals surface area (Å²) in [7, 11) is 3.15. The van der Waals surface area contributed by atoms with Crippen LogP contribution in [-0.2, 0) is 10.2 Å². The molecule has 2 heterocycles. The molecule has 2 aliphatic heterocycles. The summed E-state index contributed by atoms with van der Waals surface area (Å²) < 4.78 is 19.7. The highest BCUT2D eigenvalue weighted by Crippen LogP contribution is 2.51. The number of hydrogen-bond donors (Lipinski definition) is 0. The van der Waals surface area contributed by atoms with E-state index in [4.69, 9.17) is 10.00 Å². The number of carbonyl (C=O) groups excluding carboxylic acids is 1. The molecule has 0 saturated carbocycles. The van der Waals surface area contributed by atoms with Crippen LogP contribution in [0.3, 0.4) is 0 Å². The maximum absolute atomic E-state index is 14.6. The van der Waals surface area contributed by atoms with Crippen LogP contribution in [0.15, 0.2) is 12.1 Å². The van der Waals surface area contributed by atoms with E-state index in [1.54, 1.807) is 13.1 Å². The minimum atomic E-state index is -0.798. The Morgan fingerprint density at radius 1 is 1.43 bits per heavy atom. The molecule has 21 heavy (non-hydrogen) atoms. The van der Waals surface area contributed by atoms with Crippen molar-refractivity contribution in [2.45, 2.75) is 30.9 Å². The van der Waals surface area contributed by atoms with Gasteiger partial charge in [-0.15, -0.1) is 0 Å². The lowest BCUT2D eigenvalue weighted by Crippen LogP contribution is -2.43. The van der Waals surface area contributed by atoms with Crippen LogP contribution < -0.4 is 9.64 Å². The fourth-order valence-corrected chi connectivity index (χ4v) is 3.67. The Kier molecular flexibility index (Phi) is 3.16. The molecule has 3 rings (SSSR count). The van der Waals surface area contributed by atoms with Gasteiger partial charge in [-0.2, -0.15) is 0 Å². The van der Waals surface area contributed by atoms with Crippen LogP contribution in [0.5, 0.6) is 5.75 Å². The monoisotopic (exact) mass is 286 g/mol. The Hall–Kier alpha value is -2.03. The van der Waals surface area contributed by atoms with Gasteiger partial charge in [0.1, 0.15) is 11.6 Å². The summed E-state index contributed by atoms with van der Waals surface area (Å²) in [4.78, 5) is 14.2. The quantitative estimate of drug-likeness (QED) is 0.745. The van der Waals surface area contributed by atoms with E-state index in [1.165, 1.54) is 18.1 Å². The van der Waals surface area contributed by atoms with E-state index in [2.05, 4.69) is 5.97 Å². The number of rotatable bonds is 1.